The first-order chi connectivity index (χ1) is 12.4. The molecule has 2 aliphatic heterocycles. The van der Waals surface area contributed by atoms with Crippen LogP contribution in [-0.4, -0.2) is 82.1 Å². The van der Waals surface area contributed by atoms with Gasteiger partial charge < -0.3 is 15.1 Å². The summed E-state index contributed by atoms with van der Waals surface area (Å²) < 4.78 is 0. The second-order valence-electron chi connectivity index (χ2n) is 7.49. The highest BCUT2D eigenvalue weighted by Crippen LogP contribution is 2.32. The number of piperazine rings is 1. The van der Waals surface area contributed by atoms with Gasteiger partial charge in [-0.15, -0.1) is 0 Å². The van der Waals surface area contributed by atoms with Crippen molar-refractivity contribution in [3.05, 3.63) is 29.8 Å². The van der Waals surface area contributed by atoms with Crippen LogP contribution in [0.25, 0.3) is 0 Å². The Bertz CT molecular complexity index is 681. The quantitative estimate of drug-likeness (QED) is 0.832. The fourth-order valence-corrected chi connectivity index (χ4v) is 4.15. The van der Waals surface area contributed by atoms with Gasteiger partial charge in [0.05, 0.1) is 0 Å². The molecule has 0 bridgehead atoms. The van der Waals surface area contributed by atoms with Gasteiger partial charge in [0.15, 0.2) is 0 Å². The number of likely N-dealkylation sites (tertiary alicyclic amines) is 1. The molecule has 3 rings (SSSR count). The summed E-state index contributed by atoms with van der Waals surface area (Å²) in [7, 11) is 2.10. The molecule has 2 heterocycles. The molecule has 1 aromatic carbocycles. The molecule has 2 fully saturated rings. The number of carboxylic acid groups (broad SMARTS) is 1. The molecule has 142 valence electrons. The Hall–Kier alpha value is -2.12. The number of rotatable bonds is 4. The number of nitrogens with zero attached hydrogens (tertiary/aromatic N) is 3. The van der Waals surface area contributed by atoms with Crippen LogP contribution in [0.5, 0.6) is 5.75 Å². The molecule has 1 amide bonds. The Morgan fingerprint density at radius 2 is 2.04 bits per heavy atom. The first-order valence-corrected chi connectivity index (χ1v) is 9.09. The molecule has 0 aliphatic carbocycles. The average Bonchev–Trinajstić information content (AvgIpc) is 2.73. The lowest BCUT2D eigenvalue weighted by Gasteiger charge is -2.49. The van der Waals surface area contributed by atoms with E-state index in [-0.39, 0.29) is 23.7 Å². The second-order valence-corrected chi connectivity index (χ2v) is 7.49. The highest BCUT2D eigenvalue weighted by Gasteiger charge is 2.42. The number of carboxylic acids is 1. The maximum absolute atomic E-state index is 12.3. The first-order valence-electron chi connectivity index (χ1n) is 9.09. The highest BCUT2D eigenvalue weighted by molar-refractivity contribution is 5.81. The van der Waals surface area contributed by atoms with Crippen LogP contribution in [0.1, 0.15) is 24.8 Å². The molecule has 26 heavy (non-hydrogen) atoms. The average molecular weight is 361 g/mol. The smallest absolute Gasteiger partial charge is 0.323 e. The zero-order valence-electron chi connectivity index (χ0n) is 15.2. The van der Waals surface area contributed by atoms with Crippen molar-refractivity contribution in [3.8, 4) is 5.75 Å². The van der Waals surface area contributed by atoms with Gasteiger partial charge in [0.25, 0.3) is 0 Å². The molecule has 2 aliphatic rings. The van der Waals surface area contributed by atoms with Crippen LogP contribution < -0.4 is 0 Å². The molecule has 7 heteroatoms. The third-order valence-electron chi connectivity index (χ3n) is 5.73. The number of benzene rings is 1. The maximum atomic E-state index is 12.3. The molecule has 0 saturated carbocycles. The van der Waals surface area contributed by atoms with Crippen molar-refractivity contribution in [3.63, 3.8) is 0 Å². The molecular weight excluding hydrogens is 334 g/mol. The SMILES string of the molecule is CN1CCN(Cc2cccc(O)c2)CC12CCC(=O)N(CC(=O)O)CC2. The predicted molar refractivity (Wildman–Crippen MR) is 96.8 cm³/mol. The van der Waals surface area contributed by atoms with Gasteiger partial charge in [0.1, 0.15) is 12.3 Å². The van der Waals surface area contributed by atoms with E-state index >= 15 is 0 Å². The first kappa shape index (κ1) is 18.7. The van der Waals surface area contributed by atoms with Crippen LogP contribution >= 0.6 is 0 Å². The Labute approximate surface area is 153 Å². The van der Waals surface area contributed by atoms with E-state index in [2.05, 4.69) is 16.8 Å². The summed E-state index contributed by atoms with van der Waals surface area (Å²) in [5.74, 6) is -0.754. The summed E-state index contributed by atoms with van der Waals surface area (Å²) in [6.45, 7) is 3.71. The van der Waals surface area contributed by atoms with E-state index in [1.54, 1.807) is 12.1 Å². The summed E-state index contributed by atoms with van der Waals surface area (Å²) in [6, 6.07) is 7.32. The molecule has 7 nitrogen and oxygen atoms in total. The zero-order chi connectivity index (χ0) is 18.7. The predicted octanol–water partition coefficient (Wildman–Crippen LogP) is 0.975. The molecule has 1 atom stereocenters. The van der Waals surface area contributed by atoms with Gasteiger partial charge in [0, 0.05) is 44.7 Å². The third-order valence-corrected chi connectivity index (χ3v) is 5.73. The van der Waals surface area contributed by atoms with Gasteiger partial charge in [-0.05, 0) is 37.6 Å². The number of hydrogen-bond acceptors (Lipinski definition) is 5. The number of phenolic OH excluding ortho intramolecular Hbond substituents is 1. The zero-order valence-corrected chi connectivity index (χ0v) is 15.2. The minimum atomic E-state index is -0.961. The Morgan fingerprint density at radius 1 is 1.23 bits per heavy atom. The number of likely N-dealkylation sites (N-methyl/N-ethyl adjacent to an activating group) is 1. The molecule has 1 spiro atoms. The van der Waals surface area contributed by atoms with Crippen LogP contribution in [0.3, 0.4) is 0 Å². The highest BCUT2D eigenvalue weighted by atomic mass is 16.4. The fourth-order valence-electron chi connectivity index (χ4n) is 4.15. The lowest BCUT2D eigenvalue weighted by atomic mass is 9.86. The minimum absolute atomic E-state index is 0.0669. The lowest BCUT2D eigenvalue weighted by molar-refractivity contribution is -0.144. The van der Waals surface area contributed by atoms with Crippen molar-refractivity contribution in [2.24, 2.45) is 0 Å². The topological polar surface area (TPSA) is 84.3 Å². The number of carbonyl (C=O) groups excluding carboxylic acids is 1. The van der Waals surface area contributed by atoms with Gasteiger partial charge in [-0.1, -0.05) is 12.1 Å². The molecule has 1 aromatic rings. The van der Waals surface area contributed by atoms with Crippen molar-refractivity contribution in [2.75, 3.05) is 39.8 Å². The third kappa shape index (κ3) is 4.16. The largest absolute Gasteiger partial charge is 0.508 e. The minimum Gasteiger partial charge on any atom is -0.508 e. The molecule has 2 N–H and O–H groups in total. The van der Waals surface area contributed by atoms with E-state index < -0.39 is 5.97 Å². The monoisotopic (exact) mass is 361 g/mol. The number of phenols is 1. The normalized spacial score (nSPS) is 25.4. The van der Waals surface area contributed by atoms with Gasteiger partial charge in [-0.3, -0.25) is 19.4 Å². The summed E-state index contributed by atoms with van der Waals surface area (Å²) in [5.41, 5.74) is 0.958. The van der Waals surface area contributed by atoms with Gasteiger partial charge in [-0.25, -0.2) is 0 Å². The number of aliphatic carboxylic acids is 1. The van der Waals surface area contributed by atoms with Crippen LogP contribution in [0.2, 0.25) is 0 Å². The summed E-state index contributed by atoms with van der Waals surface area (Å²) in [4.78, 5) is 29.5. The molecule has 0 aromatic heterocycles. The molecule has 0 radical (unpaired) electrons. The number of aromatic hydroxyl groups is 1. The van der Waals surface area contributed by atoms with E-state index in [0.29, 0.717) is 13.0 Å². The molecule has 1 unspecified atom stereocenters. The van der Waals surface area contributed by atoms with E-state index in [1.165, 1.54) is 4.90 Å². The van der Waals surface area contributed by atoms with E-state index in [0.717, 1.165) is 44.6 Å². The fraction of sp³-hybridized carbons (Fsp3) is 0.579. The van der Waals surface area contributed by atoms with Crippen molar-refractivity contribution in [1.29, 1.82) is 0 Å². The van der Waals surface area contributed by atoms with E-state index in [1.807, 2.05) is 12.1 Å². The van der Waals surface area contributed by atoms with Crippen molar-refractivity contribution >= 4 is 11.9 Å². The summed E-state index contributed by atoms with van der Waals surface area (Å²) in [6.07, 6.45) is 1.91. The van der Waals surface area contributed by atoms with Crippen molar-refractivity contribution in [1.82, 2.24) is 14.7 Å². The second kappa shape index (κ2) is 7.63. The number of hydrogen-bond donors (Lipinski definition) is 2. The van der Waals surface area contributed by atoms with E-state index in [9.17, 15) is 14.7 Å². The number of amides is 1. The van der Waals surface area contributed by atoms with Gasteiger partial charge in [0.2, 0.25) is 5.91 Å². The van der Waals surface area contributed by atoms with Crippen molar-refractivity contribution in [2.45, 2.75) is 31.3 Å². The van der Waals surface area contributed by atoms with Crippen LogP contribution in [-0.2, 0) is 16.1 Å². The van der Waals surface area contributed by atoms with Gasteiger partial charge >= 0.3 is 5.97 Å². The standard InChI is InChI=1S/C19H27N3O4/c1-20-9-10-21(12-15-3-2-4-16(23)11-15)14-19(20)6-5-17(24)22(8-7-19)13-18(25)26/h2-4,11,23H,5-10,12-14H2,1H3,(H,25,26). The summed E-state index contributed by atoms with van der Waals surface area (Å²) in [5, 5.41) is 18.7. The Kier molecular flexibility index (Phi) is 5.48. The maximum Gasteiger partial charge on any atom is 0.323 e. The Morgan fingerprint density at radius 3 is 2.77 bits per heavy atom. The lowest BCUT2D eigenvalue weighted by Crippen LogP contribution is -2.60. The van der Waals surface area contributed by atoms with Crippen LogP contribution in [0.15, 0.2) is 24.3 Å². The Balaban J connectivity index is 1.71. The van der Waals surface area contributed by atoms with Crippen LogP contribution in [0, 0.1) is 0 Å². The molecule has 2 saturated heterocycles. The summed E-state index contributed by atoms with van der Waals surface area (Å²) >= 11 is 0. The molecular formula is C19H27N3O4. The van der Waals surface area contributed by atoms with Crippen LogP contribution in [0.4, 0.5) is 0 Å². The van der Waals surface area contributed by atoms with Crippen molar-refractivity contribution < 1.29 is 19.8 Å². The van der Waals surface area contributed by atoms with E-state index in [4.69, 9.17) is 5.11 Å². The number of carbonyl (C=O) groups is 2. The van der Waals surface area contributed by atoms with Gasteiger partial charge in [-0.2, -0.15) is 0 Å².